The van der Waals surface area contributed by atoms with Crippen LogP contribution in [0.1, 0.15) is 97.5 Å². The number of rotatable bonds is 8. The lowest BCUT2D eigenvalue weighted by atomic mass is 9.57. The van der Waals surface area contributed by atoms with E-state index in [1.165, 1.54) is 0 Å². The minimum atomic E-state index is -0.407. The second kappa shape index (κ2) is 13.9. The zero-order valence-electron chi connectivity index (χ0n) is 32.3. The first kappa shape index (κ1) is 37.8. The number of nitrogens with zero attached hydrogens (tertiary/aromatic N) is 4. The van der Waals surface area contributed by atoms with E-state index in [0.717, 1.165) is 64.9 Å². The molecule has 8 nitrogen and oxygen atoms in total. The summed E-state index contributed by atoms with van der Waals surface area (Å²) < 4.78 is 13.9. The van der Waals surface area contributed by atoms with E-state index in [2.05, 4.69) is 107 Å². The van der Waals surface area contributed by atoms with Crippen LogP contribution in [-0.4, -0.2) is 63.1 Å². The molecular weight excluding hydrogens is 643 g/mol. The van der Waals surface area contributed by atoms with Gasteiger partial charge in [0.05, 0.1) is 23.8 Å². The molecular formula is C41H57N5O3S. The lowest BCUT2D eigenvalue weighted by Crippen LogP contribution is -2.47. The highest BCUT2D eigenvalue weighted by atomic mass is 32.2. The van der Waals surface area contributed by atoms with Crippen LogP contribution in [0.4, 0.5) is 4.79 Å². The highest BCUT2D eigenvalue weighted by molar-refractivity contribution is 8.00. The summed E-state index contributed by atoms with van der Waals surface area (Å²) in [5, 5.41) is 3.90. The first-order valence-electron chi connectivity index (χ1n) is 17.8. The third kappa shape index (κ3) is 6.54. The number of alkyl carbamates (subject to hydrolysis) is 1. The van der Waals surface area contributed by atoms with Gasteiger partial charge in [-0.15, -0.1) is 0 Å². The summed E-state index contributed by atoms with van der Waals surface area (Å²) in [6.45, 7) is 28.2. The molecule has 2 fully saturated rings. The number of imidazole rings is 1. The minimum Gasteiger partial charge on any atom is -0.487 e. The molecule has 0 bridgehead atoms. The Morgan fingerprint density at radius 2 is 1.62 bits per heavy atom. The predicted molar refractivity (Wildman–Crippen MR) is 203 cm³/mol. The number of benzene rings is 1. The highest BCUT2D eigenvalue weighted by Crippen LogP contribution is 2.78. The molecule has 270 valence electrons. The van der Waals surface area contributed by atoms with Gasteiger partial charge in [0, 0.05) is 22.5 Å². The number of amides is 1. The average molecular weight is 700 g/mol. The van der Waals surface area contributed by atoms with Gasteiger partial charge in [-0.2, -0.15) is 0 Å². The van der Waals surface area contributed by atoms with Crippen molar-refractivity contribution in [2.75, 3.05) is 26.7 Å². The van der Waals surface area contributed by atoms with Gasteiger partial charge in [0.25, 0.3) is 0 Å². The van der Waals surface area contributed by atoms with E-state index < -0.39 is 6.09 Å². The zero-order valence-corrected chi connectivity index (χ0v) is 33.1. The normalized spacial score (nSPS) is 20.5. The summed E-state index contributed by atoms with van der Waals surface area (Å²) >= 11 is 1.88. The fraction of sp³-hybridized carbons (Fsp3) is 0.585. The summed E-state index contributed by atoms with van der Waals surface area (Å²) in [7, 11) is 2.10. The number of hydrogen-bond donors (Lipinski definition) is 1. The van der Waals surface area contributed by atoms with Crippen LogP contribution in [0.25, 0.3) is 5.69 Å². The van der Waals surface area contributed by atoms with Crippen LogP contribution in [0.15, 0.2) is 48.0 Å². The number of ether oxygens (including phenoxy) is 2. The van der Waals surface area contributed by atoms with Gasteiger partial charge in [-0.25, -0.2) is 9.78 Å². The van der Waals surface area contributed by atoms with Gasteiger partial charge in [0.2, 0.25) is 0 Å². The van der Waals surface area contributed by atoms with Gasteiger partial charge in [0.15, 0.2) is 11.8 Å². The number of piperidine rings is 1. The van der Waals surface area contributed by atoms with E-state index in [0.29, 0.717) is 6.61 Å². The number of nitrogens with one attached hydrogen (secondary N) is 1. The fourth-order valence-corrected chi connectivity index (χ4v) is 9.91. The molecule has 1 saturated heterocycles. The molecule has 2 aliphatic rings. The molecule has 9 heteroatoms. The van der Waals surface area contributed by atoms with E-state index in [-0.39, 0.29) is 39.1 Å². The van der Waals surface area contributed by atoms with E-state index in [4.69, 9.17) is 14.5 Å². The number of likely N-dealkylation sites (tertiary alicyclic amines) is 1. The van der Waals surface area contributed by atoms with Gasteiger partial charge < -0.3 is 19.7 Å². The molecule has 2 aromatic heterocycles. The van der Waals surface area contributed by atoms with Crippen LogP contribution in [0, 0.1) is 47.3 Å². The maximum Gasteiger partial charge on any atom is 0.408 e. The summed E-state index contributed by atoms with van der Waals surface area (Å²) in [6, 6.07) is 8.26. The van der Waals surface area contributed by atoms with Crippen molar-refractivity contribution in [1.29, 1.82) is 0 Å². The Labute approximate surface area is 304 Å². The van der Waals surface area contributed by atoms with Crippen molar-refractivity contribution in [3.8, 4) is 23.3 Å². The van der Waals surface area contributed by atoms with Crippen molar-refractivity contribution >= 4 is 17.9 Å². The van der Waals surface area contributed by atoms with Crippen LogP contribution in [0.3, 0.4) is 0 Å². The molecule has 1 aromatic carbocycles. The Morgan fingerprint density at radius 3 is 2.24 bits per heavy atom. The molecule has 0 atom stereocenters. The van der Waals surface area contributed by atoms with Crippen LogP contribution in [0.5, 0.6) is 5.75 Å². The number of carbonyl (C=O) groups is 1. The number of hydrogen-bond acceptors (Lipinski definition) is 7. The number of pyridine rings is 1. The van der Waals surface area contributed by atoms with E-state index in [1.807, 2.05) is 56.2 Å². The topological polar surface area (TPSA) is 81.5 Å². The van der Waals surface area contributed by atoms with Gasteiger partial charge in [-0.1, -0.05) is 79.0 Å². The monoisotopic (exact) mass is 699 g/mol. The molecule has 1 aliphatic heterocycles. The van der Waals surface area contributed by atoms with Crippen molar-refractivity contribution in [2.45, 2.75) is 112 Å². The summed E-state index contributed by atoms with van der Waals surface area (Å²) in [5.74, 6) is 6.97. The molecule has 1 aliphatic carbocycles. The van der Waals surface area contributed by atoms with Gasteiger partial charge in [-0.05, 0) is 111 Å². The number of aromatic nitrogens is 3. The molecule has 0 radical (unpaired) electrons. The van der Waals surface area contributed by atoms with Gasteiger partial charge >= 0.3 is 6.09 Å². The Hall–Kier alpha value is -3.48. The highest BCUT2D eigenvalue weighted by Gasteiger charge is 2.74. The lowest BCUT2D eigenvalue weighted by Gasteiger charge is -2.49. The Balaban J connectivity index is 1.32. The molecule has 0 unspecified atom stereocenters. The molecule has 50 heavy (non-hydrogen) atoms. The molecule has 5 rings (SSSR count). The number of thioether (sulfide) groups is 1. The van der Waals surface area contributed by atoms with Crippen molar-refractivity contribution in [2.24, 2.45) is 21.7 Å². The second-order valence-corrected chi connectivity index (χ2v) is 17.9. The van der Waals surface area contributed by atoms with E-state index >= 15 is 0 Å². The average Bonchev–Trinajstić information content (AvgIpc) is 3.47. The fourth-order valence-electron chi connectivity index (χ4n) is 8.10. The molecule has 3 aromatic rings. The predicted octanol–water partition coefficient (Wildman–Crippen LogP) is 8.60. The first-order chi connectivity index (χ1) is 23.3. The third-order valence-electron chi connectivity index (χ3n) is 13.5. The molecule has 0 spiro atoms. The number of aryl methyl sites for hydroxylation is 2. The van der Waals surface area contributed by atoms with Crippen molar-refractivity contribution < 1.29 is 14.3 Å². The second-order valence-electron chi connectivity index (χ2n) is 16.5. The van der Waals surface area contributed by atoms with Crippen LogP contribution in [-0.2, 0) is 11.3 Å². The largest absolute Gasteiger partial charge is 0.487 e. The van der Waals surface area contributed by atoms with Crippen LogP contribution < -0.4 is 10.1 Å². The first-order valence-corrected chi connectivity index (χ1v) is 18.7. The van der Waals surface area contributed by atoms with Crippen molar-refractivity contribution in [3.05, 3.63) is 65.2 Å². The Bertz CT molecular complexity index is 1730. The van der Waals surface area contributed by atoms with E-state index in [1.54, 1.807) is 6.20 Å². The van der Waals surface area contributed by atoms with Crippen molar-refractivity contribution in [1.82, 2.24) is 24.8 Å². The Morgan fingerprint density at radius 1 is 0.960 bits per heavy atom. The minimum absolute atomic E-state index is 0.00959. The van der Waals surface area contributed by atoms with Gasteiger partial charge in [-0.3, -0.25) is 9.55 Å². The van der Waals surface area contributed by atoms with Crippen LogP contribution in [0.2, 0.25) is 0 Å². The van der Waals surface area contributed by atoms with E-state index in [9.17, 15) is 4.79 Å². The third-order valence-corrected chi connectivity index (χ3v) is 15.4. The van der Waals surface area contributed by atoms with Crippen LogP contribution >= 0.6 is 11.8 Å². The Kier molecular flexibility index (Phi) is 10.5. The standard InChI is InChI=1S/C41H57N5O3S/c1-28-24-34(29(2)23-30(28)15-14-22-48-36(47)44-31-17-20-45(12)21-18-31)49-27-33-26-43-35(46(33)32-16-13-19-42-25-32)50-41(11)39(7,8)37(3,4)38(5,6)40(41,9)10/h13,16,19,23-26,31H,17-18,20-22,27H2,1-12H3,(H,44,47). The summed E-state index contributed by atoms with van der Waals surface area (Å²) in [5.41, 5.74) is 4.90. The molecule has 1 amide bonds. The van der Waals surface area contributed by atoms with Gasteiger partial charge in [0.1, 0.15) is 12.4 Å². The quantitative estimate of drug-likeness (QED) is 0.236. The SMILES string of the molecule is Cc1cc(OCc2cnc(SC3(C)C(C)(C)C(C)(C)C(C)(C)C3(C)C)n2-c2cccnc2)c(C)cc1C#CCOC(=O)NC1CCN(C)CC1. The maximum atomic E-state index is 12.2. The van der Waals surface area contributed by atoms with Crippen molar-refractivity contribution in [3.63, 3.8) is 0 Å². The molecule has 1 saturated carbocycles. The smallest absolute Gasteiger partial charge is 0.408 e. The molecule has 1 N–H and O–H groups in total. The lowest BCUT2D eigenvalue weighted by molar-refractivity contribution is 0.0135. The summed E-state index contributed by atoms with van der Waals surface area (Å²) in [6.07, 6.45) is 7.09. The summed E-state index contributed by atoms with van der Waals surface area (Å²) in [4.78, 5) is 24.0. The molecule has 3 heterocycles. The number of carbonyl (C=O) groups excluding carboxylic acids is 1. The maximum absolute atomic E-state index is 12.2. The zero-order chi connectivity index (χ0) is 36.7.